The summed E-state index contributed by atoms with van der Waals surface area (Å²) in [6.45, 7) is 0. The van der Waals surface area contributed by atoms with Crippen LogP contribution < -0.4 is 10.1 Å². The Bertz CT molecular complexity index is 619. The number of carbonyl (C=O) groups is 1. The van der Waals surface area contributed by atoms with Gasteiger partial charge in [-0.15, -0.1) is 0 Å². The number of pyridine rings is 1. The Morgan fingerprint density at radius 1 is 1.37 bits per heavy atom. The predicted octanol–water partition coefficient (Wildman–Crippen LogP) is 3.24. The Balaban J connectivity index is 2.24. The van der Waals surface area contributed by atoms with Crippen molar-refractivity contribution in [3.05, 3.63) is 52.5 Å². The van der Waals surface area contributed by atoms with Crippen LogP contribution in [0.3, 0.4) is 0 Å². The van der Waals surface area contributed by atoms with Crippen LogP contribution in [-0.2, 0) is 0 Å². The molecule has 0 saturated heterocycles. The fourth-order valence-electron chi connectivity index (χ4n) is 1.51. The first-order valence-corrected chi connectivity index (χ1v) is 6.16. The minimum absolute atomic E-state index is 0.265. The number of rotatable bonds is 3. The molecule has 1 amide bonds. The monoisotopic (exact) mass is 324 g/mol. The van der Waals surface area contributed by atoms with Crippen LogP contribution in [0.25, 0.3) is 0 Å². The highest BCUT2D eigenvalue weighted by Crippen LogP contribution is 2.25. The Morgan fingerprint density at radius 2 is 2.16 bits per heavy atom. The van der Waals surface area contributed by atoms with Crippen molar-refractivity contribution in [2.75, 3.05) is 12.4 Å². The number of hydrogen-bond acceptors (Lipinski definition) is 3. The fourth-order valence-corrected chi connectivity index (χ4v) is 1.87. The first-order chi connectivity index (χ1) is 9.10. The maximum absolute atomic E-state index is 13.0. The summed E-state index contributed by atoms with van der Waals surface area (Å²) in [7, 11) is 1.41. The van der Waals surface area contributed by atoms with Crippen LogP contribution in [0.5, 0.6) is 5.75 Å². The number of anilines is 1. The quantitative estimate of drug-likeness (QED) is 0.882. The van der Waals surface area contributed by atoms with Crippen LogP contribution in [0, 0.1) is 5.82 Å². The van der Waals surface area contributed by atoms with E-state index in [1.807, 2.05) is 0 Å². The van der Waals surface area contributed by atoms with Gasteiger partial charge in [-0.05, 0) is 40.2 Å². The molecule has 1 aromatic heterocycles. The van der Waals surface area contributed by atoms with Gasteiger partial charge >= 0.3 is 0 Å². The summed E-state index contributed by atoms with van der Waals surface area (Å²) in [5, 5.41) is 2.65. The topological polar surface area (TPSA) is 51.2 Å². The minimum Gasteiger partial charge on any atom is -0.494 e. The van der Waals surface area contributed by atoms with E-state index in [2.05, 4.69) is 26.2 Å². The second-order valence-corrected chi connectivity index (χ2v) is 4.48. The molecule has 0 aliphatic heterocycles. The molecule has 1 aromatic carbocycles. The molecule has 4 nitrogen and oxygen atoms in total. The molecule has 0 fully saturated rings. The van der Waals surface area contributed by atoms with Crippen LogP contribution in [-0.4, -0.2) is 18.0 Å². The fraction of sp³-hybridized carbons (Fsp3) is 0.0769. The second-order valence-electron chi connectivity index (χ2n) is 3.67. The van der Waals surface area contributed by atoms with Crippen molar-refractivity contribution < 1.29 is 13.9 Å². The number of nitrogens with zero attached hydrogens (tertiary/aromatic N) is 1. The predicted molar refractivity (Wildman–Crippen MR) is 72.8 cm³/mol. The van der Waals surface area contributed by atoms with Crippen molar-refractivity contribution in [1.82, 2.24) is 4.98 Å². The molecule has 0 spiro atoms. The number of ether oxygens (including phenoxy) is 1. The van der Waals surface area contributed by atoms with E-state index in [9.17, 15) is 9.18 Å². The van der Waals surface area contributed by atoms with Crippen molar-refractivity contribution in [2.45, 2.75) is 0 Å². The summed E-state index contributed by atoms with van der Waals surface area (Å²) in [6, 6.07) is 7.07. The molecule has 0 atom stereocenters. The SMILES string of the molecule is COc1cc(F)ccc1NC(=O)c1ccnc(Br)c1. The Labute approximate surface area is 117 Å². The molecule has 0 saturated carbocycles. The van der Waals surface area contributed by atoms with Crippen molar-refractivity contribution in [2.24, 2.45) is 0 Å². The Morgan fingerprint density at radius 3 is 2.84 bits per heavy atom. The first-order valence-electron chi connectivity index (χ1n) is 5.36. The van der Waals surface area contributed by atoms with E-state index in [1.54, 1.807) is 12.1 Å². The molecule has 0 bridgehead atoms. The second kappa shape index (κ2) is 5.79. The summed E-state index contributed by atoms with van der Waals surface area (Å²) in [5.41, 5.74) is 0.843. The van der Waals surface area contributed by atoms with Gasteiger partial charge < -0.3 is 10.1 Å². The summed E-state index contributed by atoms with van der Waals surface area (Å²) < 4.78 is 18.6. The van der Waals surface area contributed by atoms with E-state index in [4.69, 9.17) is 4.74 Å². The molecule has 1 heterocycles. The van der Waals surface area contributed by atoms with Crippen LogP contribution >= 0.6 is 15.9 Å². The van der Waals surface area contributed by atoms with E-state index in [1.165, 1.54) is 31.5 Å². The number of nitrogens with one attached hydrogen (secondary N) is 1. The van der Waals surface area contributed by atoms with Gasteiger partial charge in [0.25, 0.3) is 5.91 Å². The summed E-state index contributed by atoms with van der Waals surface area (Å²) in [6.07, 6.45) is 1.51. The maximum atomic E-state index is 13.0. The molecular weight excluding hydrogens is 315 g/mol. The summed E-state index contributed by atoms with van der Waals surface area (Å²) >= 11 is 3.19. The number of carbonyl (C=O) groups excluding carboxylic acids is 1. The molecule has 0 aliphatic carbocycles. The number of benzene rings is 1. The highest BCUT2D eigenvalue weighted by Gasteiger charge is 2.11. The molecule has 0 aliphatic rings. The third-order valence-corrected chi connectivity index (χ3v) is 2.83. The molecular formula is C13H10BrFN2O2. The van der Waals surface area contributed by atoms with Crippen LogP contribution in [0.2, 0.25) is 0 Å². The number of hydrogen-bond donors (Lipinski definition) is 1. The van der Waals surface area contributed by atoms with Crippen molar-refractivity contribution >= 4 is 27.5 Å². The van der Waals surface area contributed by atoms with Crippen molar-refractivity contribution in [3.63, 3.8) is 0 Å². The van der Waals surface area contributed by atoms with Gasteiger partial charge in [-0.2, -0.15) is 0 Å². The van der Waals surface area contributed by atoms with Crippen LogP contribution in [0.4, 0.5) is 10.1 Å². The van der Waals surface area contributed by atoms with E-state index in [0.717, 1.165) is 0 Å². The molecule has 19 heavy (non-hydrogen) atoms. The summed E-state index contributed by atoms with van der Waals surface area (Å²) in [4.78, 5) is 15.9. The van der Waals surface area contributed by atoms with Gasteiger partial charge in [0.05, 0.1) is 12.8 Å². The van der Waals surface area contributed by atoms with Crippen molar-refractivity contribution in [1.29, 1.82) is 0 Å². The zero-order chi connectivity index (χ0) is 13.8. The lowest BCUT2D eigenvalue weighted by Gasteiger charge is -2.10. The molecule has 2 aromatic rings. The number of aromatic nitrogens is 1. The van der Waals surface area contributed by atoms with Crippen LogP contribution in [0.1, 0.15) is 10.4 Å². The maximum Gasteiger partial charge on any atom is 0.255 e. The van der Waals surface area contributed by atoms with Gasteiger partial charge in [0, 0.05) is 17.8 Å². The van der Waals surface area contributed by atoms with Gasteiger partial charge in [-0.1, -0.05) is 0 Å². The lowest BCUT2D eigenvalue weighted by molar-refractivity contribution is 0.102. The van der Waals surface area contributed by atoms with Gasteiger partial charge in [-0.3, -0.25) is 4.79 Å². The third kappa shape index (κ3) is 3.29. The van der Waals surface area contributed by atoms with E-state index in [-0.39, 0.29) is 11.7 Å². The lowest BCUT2D eigenvalue weighted by Crippen LogP contribution is -2.12. The smallest absolute Gasteiger partial charge is 0.255 e. The van der Waals surface area contributed by atoms with Crippen molar-refractivity contribution in [3.8, 4) is 5.75 Å². The molecule has 0 unspecified atom stereocenters. The first kappa shape index (κ1) is 13.5. The van der Waals surface area contributed by atoms with Gasteiger partial charge in [0.15, 0.2) is 0 Å². The van der Waals surface area contributed by atoms with Gasteiger partial charge in [-0.25, -0.2) is 9.37 Å². The minimum atomic E-state index is -0.429. The number of methoxy groups -OCH3 is 1. The average molecular weight is 325 g/mol. The average Bonchev–Trinajstić information content (AvgIpc) is 2.40. The third-order valence-electron chi connectivity index (χ3n) is 2.40. The zero-order valence-electron chi connectivity index (χ0n) is 9.98. The summed E-state index contributed by atoms with van der Waals surface area (Å²) in [5.74, 6) is -0.490. The van der Waals surface area contributed by atoms with E-state index < -0.39 is 5.82 Å². The lowest BCUT2D eigenvalue weighted by atomic mass is 10.2. The molecule has 1 N–H and O–H groups in total. The highest BCUT2D eigenvalue weighted by molar-refractivity contribution is 9.10. The molecule has 98 valence electrons. The highest BCUT2D eigenvalue weighted by atomic mass is 79.9. The normalized spacial score (nSPS) is 10.1. The number of halogens is 2. The zero-order valence-corrected chi connectivity index (χ0v) is 11.6. The molecule has 0 radical (unpaired) electrons. The van der Waals surface area contributed by atoms with Crippen LogP contribution in [0.15, 0.2) is 41.1 Å². The Kier molecular flexibility index (Phi) is 4.11. The van der Waals surface area contributed by atoms with Gasteiger partial charge in [0.2, 0.25) is 0 Å². The number of amides is 1. The Hall–Kier alpha value is -1.95. The van der Waals surface area contributed by atoms with Gasteiger partial charge in [0.1, 0.15) is 16.2 Å². The molecule has 6 heteroatoms. The molecule has 2 rings (SSSR count). The largest absolute Gasteiger partial charge is 0.494 e. The standard InChI is InChI=1S/C13H10BrFN2O2/c1-19-11-7-9(15)2-3-10(11)17-13(18)8-4-5-16-12(14)6-8/h2-7H,1H3,(H,17,18). The van der Waals surface area contributed by atoms with E-state index >= 15 is 0 Å². The van der Waals surface area contributed by atoms with E-state index in [0.29, 0.717) is 15.9 Å².